The van der Waals surface area contributed by atoms with Crippen molar-refractivity contribution in [3.8, 4) is 0 Å². The molecule has 0 radical (unpaired) electrons. The second-order valence-corrected chi connectivity index (χ2v) is 8.36. The normalized spacial score (nSPS) is 18.0. The van der Waals surface area contributed by atoms with Crippen molar-refractivity contribution >= 4 is 5.69 Å². The van der Waals surface area contributed by atoms with Crippen LogP contribution in [0.15, 0.2) is 78.9 Å². The monoisotopic (exact) mass is 371 g/mol. The van der Waals surface area contributed by atoms with Gasteiger partial charge >= 0.3 is 0 Å². The molecule has 2 unspecified atom stereocenters. The highest BCUT2D eigenvalue weighted by molar-refractivity contribution is 5.60. The lowest BCUT2D eigenvalue weighted by atomic mass is 9.81. The minimum atomic E-state index is 0.0382. The van der Waals surface area contributed by atoms with Crippen molar-refractivity contribution in [2.45, 2.75) is 58.4 Å². The van der Waals surface area contributed by atoms with Gasteiger partial charge in [-0.05, 0) is 61.4 Å². The second-order valence-electron chi connectivity index (χ2n) is 8.36. The number of hydrogen-bond donors (Lipinski definition) is 1. The van der Waals surface area contributed by atoms with E-state index in [-0.39, 0.29) is 5.54 Å². The first kappa shape index (κ1) is 20.2. The first-order valence-electron chi connectivity index (χ1n) is 10.5. The highest BCUT2D eigenvalue weighted by Crippen LogP contribution is 2.49. The summed E-state index contributed by atoms with van der Waals surface area (Å²) in [5.74, 6) is 0.871. The van der Waals surface area contributed by atoms with Crippen LogP contribution in [0.2, 0.25) is 0 Å². The molecule has 1 N–H and O–H groups in total. The molecule has 0 bridgehead atoms. The molecule has 0 spiro atoms. The quantitative estimate of drug-likeness (QED) is 0.506. The zero-order chi connectivity index (χ0) is 20.1. The van der Waals surface area contributed by atoms with Gasteiger partial charge in [-0.1, -0.05) is 86.6 Å². The van der Waals surface area contributed by atoms with Gasteiger partial charge in [0.2, 0.25) is 0 Å². The lowest BCUT2D eigenvalue weighted by Gasteiger charge is -2.29. The van der Waals surface area contributed by atoms with Crippen molar-refractivity contribution in [3.63, 3.8) is 0 Å². The van der Waals surface area contributed by atoms with E-state index in [4.69, 9.17) is 0 Å². The van der Waals surface area contributed by atoms with E-state index in [1.54, 1.807) is 0 Å². The van der Waals surface area contributed by atoms with Crippen LogP contribution in [0.4, 0.5) is 5.69 Å². The predicted octanol–water partition coefficient (Wildman–Crippen LogP) is 7.40. The van der Waals surface area contributed by atoms with Crippen LogP contribution >= 0.6 is 0 Å². The number of anilines is 1. The first-order valence-corrected chi connectivity index (χ1v) is 10.5. The molecule has 0 aromatic heterocycles. The molecule has 1 heteroatoms. The summed E-state index contributed by atoms with van der Waals surface area (Å²) in [7, 11) is 0. The van der Waals surface area contributed by atoms with Crippen LogP contribution in [0, 0.1) is 0 Å². The fraction of sp³-hybridized carbons (Fsp3) is 0.333. The largest absolute Gasteiger partial charge is 0.380 e. The van der Waals surface area contributed by atoms with Crippen LogP contribution in [0.25, 0.3) is 0 Å². The van der Waals surface area contributed by atoms with Gasteiger partial charge in [-0.15, -0.1) is 0 Å². The fourth-order valence-corrected chi connectivity index (χ4v) is 4.28. The van der Waals surface area contributed by atoms with Gasteiger partial charge in [0.1, 0.15) is 0 Å². The Morgan fingerprint density at radius 1 is 0.714 bits per heavy atom. The molecule has 4 rings (SSSR count). The number of benzene rings is 3. The van der Waals surface area contributed by atoms with Crippen LogP contribution in [0.3, 0.4) is 0 Å². The highest BCUT2D eigenvalue weighted by Gasteiger charge is 2.35. The zero-order valence-electron chi connectivity index (χ0n) is 17.9. The van der Waals surface area contributed by atoms with Crippen molar-refractivity contribution < 1.29 is 0 Å². The van der Waals surface area contributed by atoms with Gasteiger partial charge < -0.3 is 5.32 Å². The van der Waals surface area contributed by atoms with Gasteiger partial charge in [0.15, 0.2) is 0 Å². The van der Waals surface area contributed by atoms with Crippen LogP contribution in [-0.4, -0.2) is 5.54 Å². The number of rotatable bonds is 3. The maximum atomic E-state index is 3.73. The number of hydrogen-bond acceptors (Lipinski definition) is 1. The van der Waals surface area contributed by atoms with E-state index >= 15 is 0 Å². The molecule has 0 amide bonds. The molecule has 146 valence electrons. The number of fused-ring (bicyclic) bond motifs is 1. The molecule has 0 heterocycles. The van der Waals surface area contributed by atoms with Crippen molar-refractivity contribution in [1.29, 1.82) is 0 Å². The zero-order valence-corrected chi connectivity index (χ0v) is 17.9. The van der Waals surface area contributed by atoms with Crippen molar-refractivity contribution in [1.82, 2.24) is 0 Å². The summed E-state index contributed by atoms with van der Waals surface area (Å²) >= 11 is 0. The van der Waals surface area contributed by atoms with Gasteiger partial charge in [-0.2, -0.15) is 0 Å². The summed E-state index contributed by atoms with van der Waals surface area (Å²) in [6.07, 6.45) is 1.11. The Kier molecular flexibility index (Phi) is 6.24. The van der Waals surface area contributed by atoms with E-state index in [0.717, 1.165) is 6.42 Å². The Balaban J connectivity index is 0.00000109. The molecular formula is C27H33N. The van der Waals surface area contributed by atoms with Gasteiger partial charge in [-0.25, -0.2) is 0 Å². The summed E-state index contributed by atoms with van der Waals surface area (Å²) in [6, 6.07) is 28.8. The third-order valence-corrected chi connectivity index (χ3v) is 5.27. The second kappa shape index (κ2) is 8.65. The van der Waals surface area contributed by atoms with Crippen molar-refractivity contribution in [2.75, 3.05) is 5.32 Å². The van der Waals surface area contributed by atoms with E-state index in [2.05, 4.69) is 105 Å². The van der Waals surface area contributed by atoms with Crippen molar-refractivity contribution in [2.24, 2.45) is 0 Å². The minimum absolute atomic E-state index is 0.0382. The third kappa shape index (κ3) is 4.30. The molecule has 0 aliphatic heterocycles. The van der Waals surface area contributed by atoms with Crippen molar-refractivity contribution in [3.05, 3.63) is 101 Å². The van der Waals surface area contributed by atoms with E-state index in [9.17, 15) is 0 Å². The summed E-state index contributed by atoms with van der Waals surface area (Å²) in [5.41, 5.74) is 7.08. The van der Waals surface area contributed by atoms with Crippen LogP contribution < -0.4 is 5.32 Å². The number of nitrogens with one attached hydrogen (secondary N) is 1. The Hall–Kier alpha value is -2.54. The van der Waals surface area contributed by atoms with Crippen LogP contribution in [0.1, 0.15) is 68.7 Å². The summed E-state index contributed by atoms with van der Waals surface area (Å²) in [5, 5.41) is 3.73. The maximum Gasteiger partial charge on any atom is 0.0383 e. The Morgan fingerprint density at radius 3 is 1.96 bits per heavy atom. The Morgan fingerprint density at radius 2 is 1.29 bits per heavy atom. The van der Waals surface area contributed by atoms with Crippen LogP contribution in [-0.2, 0) is 6.42 Å². The average Bonchev–Trinajstić information content (AvgIpc) is 3.09. The molecule has 0 fully saturated rings. The van der Waals surface area contributed by atoms with E-state index < -0.39 is 0 Å². The van der Waals surface area contributed by atoms with E-state index in [0.29, 0.717) is 11.8 Å². The molecule has 1 nitrogen and oxygen atoms in total. The summed E-state index contributed by atoms with van der Waals surface area (Å²) in [6.45, 7) is 10.7. The average molecular weight is 372 g/mol. The lowest BCUT2D eigenvalue weighted by molar-refractivity contribution is 0.623. The summed E-state index contributed by atoms with van der Waals surface area (Å²) < 4.78 is 0. The summed E-state index contributed by atoms with van der Waals surface area (Å²) in [4.78, 5) is 0. The molecule has 1 aliphatic rings. The van der Waals surface area contributed by atoms with Crippen LogP contribution in [0.5, 0.6) is 0 Å². The molecule has 28 heavy (non-hydrogen) atoms. The third-order valence-electron chi connectivity index (χ3n) is 5.27. The topological polar surface area (TPSA) is 12.0 Å². The smallest absolute Gasteiger partial charge is 0.0383 e. The van der Waals surface area contributed by atoms with Gasteiger partial charge in [0.25, 0.3) is 0 Å². The maximum absolute atomic E-state index is 3.73. The van der Waals surface area contributed by atoms with Gasteiger partial charge in [-0.3, -0.25) is 0 Å². The molecule has 3 aromatic rings. The minimum Gasteiger partial charge on any atom is -0.380 e. The SMILES string of the molecule is CC.CC(C)(C)Nc1ccccc1C1c2ccccc2CC1c1ccccc1. The molecule has 0 saturated carbocycles. The van der Waals surface area contributed by atoms with E-state index in [1.165, 1.54) is 27.9 Å². The standard InChI is InChI=1S/C25H27N.C2H6/c1-25(2,3)26-23-16-10-9-15-21(23)24-20-14-8-7-13-19(20)17-22(24)18-11-5-4-6-12-18;1-2/h4-16,22,24,26H,17H2,1-3H3;1-2H3. The molecule has 1 aliphatic carbocycles. The first-order chi connectivity index (χ1) is 13.5. The number of para-hydroxylation sites is 1. The molecular weight excluding hydrogens is 338 g/mol. The predicted molar refractivity (Wildman–Crippen MR) is 122 cm³/mol. The van der Waals surface area contributed by atoms with Gasteiger partial charge in [0.05, 0.1) is 0 Å². The molecule has 0 saturated heterocycles. The van der Waals surface area contributed by atoms with E-state index in [1.807, 2.05) is 13.8 Å². The fourth-order valence-electron chi connectivity index (χ4n) is 4.28. The molecule has 2 atom stereocenters. The Bertz CT molecular complexity index is 889. The lowest BCUT2D eigenvalue weighted by Crippen LogP contribution is -2.27. The molecule has 3 aromatic carbocycles. The Labute approximate surface area is 170 Å². The van der Waals surface area contributed by atoms with Gasteiger partial charge in [0, 0.05) is 17.1 Å². The highest BCUT2D eigenvalue weighted by atomic mass is 15.0.